The third kappa shape index (κ3) is 5.59. The van der Waals surface area contributed by atoms with E-state index in [2.05, 4.69) is 16.9 Å². The summed E-state index contributed by atoms with van der Waals surface area (Å²) in [6.45, 7) is 3.92. The molecule has 126 valence electrons. The van der Waals surface area contributed by atoms with Crippen LogP contribution in [0.15, 0.2) is 29.7 Å². The Morgan fingerprint density at radius 3 is 2.61 bits per heavy atom. The molecule has 0 radical (unpaired) electrons. The largest absolute Gasteiger partial charge is 0.324 e. The predicted octanol–water partition coefficient (Wildman–Crippen LogP) is 2.23. The number of nitrogens with zero attached hydrogens (tertiary/aromatic N) is 3. The van der Waals surface area contributed by atoms with Crippen molar-refractivity contribution in [1.29, 1.82) is 0 Å². The van der Waals surface area contributed by atoms with Crippen LogP contribution < -0.4 is 0 Å². The third-order valence-electron chi connectivity index (χ3n) is 3.10. The summed E-state index contributed by atoms with van der Waals surface area (Å²) in [6.07, 6.45) is 11.2. The van der Waals surface area contributed by atoms with Crippen molar-refractivity contribution in [3.05, 3.63) is 35.8 Å². The number of aromatic nitrogens is 2. The number of unbranched alkanes of at least 4 members (excludes halogenated alkanes) is 1. The van der Waals surface area contributed by atoms with E-state index in [1.165, 1.54) is 4.90 Å². The Hall–Kier alpha value is -2.02. The van der Waals surface area contributed by atoms with Gasteiger partial charge in [-0.2, -0.15) is 0 Å². The summed E-state index contributed by atoms with van der Waals surface area (Å²) in [4.78, 5) is 20.5. The monoisotopic (exact) mass is 337 g/mol. The van der Waals surface area contributed by atoms with Gasteiger partial charge in [-0.15, -0.1) is 0 Å². The summed E-state index contributed by atoms with van der Waals surface area (Å²) in [7, 11) is -1.89. The first-order valence-electron chi connectivity index (χ1n) is 7.41. The first-order valence-corrected chi connectivity index (χ1v) is 9.30. The Morgan fingerprint density at radius 2 is 2.09 bits per heavy atom. The molecule has 23 heavy (non-hydrogen) atoms. The zero-order chi connectivity index (χ0) is 17.5. The average molecular weight is 337 g/mol. The highest BCUT2D eigenvalue weighted by Gasteiger charge is 2.16. The van der Waals surface area contributed by atoms with Crippen LogP contribution >= 0.6 is 0 Å². The lowest BCUT2D eigenvalue weighted by Gasteiger charge is -2.12. The van der Waals surface area contributed by atoms with E-state index < -0.39 is 9.84 Å². The molecular formula is C16H23N3O3S. The molecule has 0 spiro atoms. The Kier molecular flexibility index (Phi) is 7.09. The van der Waals surface area contributed by atoms with E-state index >= 15 is 0 Å². The molecule has 0 aliphatic heterocycles. The number of hydrogen-bond acceptors (Lipinski definition) is 5. The molecule has 1 aromatic heterocycles. The van der Waals surface area contributed by atoms with E-state index in [9.17, 15) is 13.2 Å². The molecule has 1 amide bonds. The lowest BCUT2D eigenvalue weighted by Crippen LogP contribution is -2.11. The maximum Gasteiger partial charge on any atom is 0.247 e. The molecule has 0 aliphatic carbocycles. The molecule has 0 N–H and O–H groups in total. The number of aryl methyl sites for hydroxylation is 1. The molecule has 1 heterocycles. The van der Waals surface area contributed by atoms with Crippen LogP contribution in [-0.2, 0) is 21.1 Å². The molecule has 6 nitrogen and oxygen atoms in total. The second kappa shape index (κ2) is 8.57. The second-order valence-corrected chi connectivity index (χ2v) is 7.17. The standard InChI is InChI=1S/C16H23N3O3S/c1-5-7-9-13-10-17-16(23(4,21)22)18-15(13)14(8-6-2)11-19(3)12-20/h6,8,10-12H,5,7,9H2,1-4H3/b8-6-,14-11+. The van der Waals surface area contributed by atoms with Crippen molar-refractivity contribution in [3.63, 3.8) is 0 Å². The molecule has 0 unspecified atom stereocenters. The Balaban J connectivity index is 3.52. The topological polar surface area (TPSA) is 80.2 Å². The molecule has 0 aromatic carbocycles. The van der Waals surface area contributed by atoms with Gasteiger partial charge in [0, 0.05) is 31.3 Å². The molecule has 0 saturated heterocycles. The quantitative estimate of drug-likeness (QED) is 0.413. The fourth-order valence-electron chi connectivity index (χ4n) is 1.98. The van der Waals surface area contributed by atoms with Gasteiger partial charge in [-0.1, -0.05) is 25.5 Å². The predicted molar refractivity (Wildman–Crippen MR) is 90.4 cm³/mol. The van der Waals surface area contributed by atoms with Crippen molar-refractivity contribution in [3.8, 4) is 0 Å². The maximum atomic E-state index is 11.7. The molecule has 0 bridgehead atoms. The highest BCUT2D eigenvalue weighted by atomic mass is 32.2. The van der Waals surface area contributed by atoms with Crippen LogP contribution in [-0.4, -0.2) is 43.0 Å². The number of carbonyl (C=O) groups is 1. The van der Waals surface area contributed by atoms with Crippen molar-refractivity contribution in [2.75, 3.05) is 13.3 Å². The first kappa shape index (κ1) is 19.0. The summed E-state index contributed by atoms with van der Waals surface area (Å²) >= 11 is 0. The number of hydrogen-bond donors (Lipinski definition) is 0. The van der Waals surface area contributed by atoms with Crippen LogP contribution in [0.3, 0.4) is 0 Å². The fourth-order valence-corrected chi connectivity index (χ4v) is 2.48. The lowest BCUT2D eigenvalue weighted by atomic mass is 10.0. The minimum atomic E-state index is -3.50. The van der Waals surface area contributed by atoms with Crippen LogP contribution in [0.5, 0.6) is 0 Å². The summed E-state index contributed by atoms with van der Waals surface area (Å²) in [5, 5.41) is -0.211. The van der Waals surface area contributed by atoms with E-state index in [0.29, 0.717) is 17.7 Å². The van der Waals surface area contributed by atoms with Gasteiger partial charge in [0.2, 0.25) is 21.4 Å². The molecule has 0 saturated carbocycles. The van der Waals surface area contributed by atoms with E-state index in [1.54, 1.807) is 25.5 Å². The first-order chi connectivity index (χ1) is 10.8. The Bertz CT molecular complexity index is 709. The normalized spacial score (nSPS) is 12.6. The smallest absolute Gasteiger partial charge is 0.247 e. The van der Waals surface area contributed by atoms with Gasteiger partial charge < -0.3 is 4.90 Å². The SMILES string of the molecule is C/C=C\C(=C/N(C)C=O)c1nc(S(C)(=O)=O)ncc1CCCC. The Labute approximate surface area is 137 Å². The molecule has 0 fully saturated rings. The second-order valence-electron chi connectivity index (χ2n) is 5.26. The fraction of sp³-hybridized carbons (Fsp3) is 0.438. The van der Waals surface area contributed by atoms with E-state index in [1.807, 2.05) is 13.0 Å². The molecule has 1 rings (SSSR count). The van der Waals surface area contributed by atoms with Crippen LogP contribution in [0.1, 0.15) is 37.9 Å². The van der Waals surface area contributed by atoms with Crippen LogP contribution in [0, 0.1) is 0 Å². The Morgan fingerprint density at radius 1 is 1.39 bits per heavy atom. The van der Waals surface area contributed by atoms with Gasteiger partial charge >= 0.3 is 0 Å². The molecular weight excluding hydrogens is 314 g/mol. The number of allylic oxidation sites excluding steroid dienone is 3. The molecule has 0 aliphatic rings. The van der Waals surface area contributed by atoms with Crippen molar-refractivity contribution in [2.24, 2.45) is 0 Å². The van der Waals surface area contributed by atoms with Crippen molar-refractivity contribution in [2.45, 2.75) is 38.3 Å². The van der Waals surface area contributed by atoms with Gasteiger partial charge in [-0.25, -0.2) is 18.4 Å². The van der Waals surface area contributed by atoms with Crippen molar-refractivity contribution < 1.29 is 13.2 Å². The van der Waals surface area contributed by atoms with Gasteiger partial charge in [-0.05, 0) is 25.3 Å². The minimum absolute atomic E-state index is 0.211. The van der Waals surface area contributed by atoms with Gasteiger partial charge in [0.05, 0.1) is 5.69 Å². The summed E-state index contributed by atoms with van der Waals surface area (Å²) in [5.41, 5.74) is 2.07. The van der Waals surface area contributed by atoms with Gasteiger partial charge in [0.25, 0.3) is 0 Å². The number of rotatable bonds is 8. The highest BCUT2D eigenvalue weighted by molar-refractivity contribution is 7.90. The number of amides is 1. The van der Waals surface area contributed by atoms with Gasteiger partial charge in [0.15, 0.2) is 0 Å². The van der Waals surface area contributed by atoms with Gasteiger partial charge in [0.1, 0.15) is 0 Å². The zero-order valence-corrected chi connectivity index (χ0v) is 14.8. The molecule has 7 heteroatoms. The highest BCUT2D eigenvalue weighted by Crippen LogP contribution is 2.21. The average Bonchev–Trinajstić information content (AvgIpc) is 2.51. The zero-order valence-electron chi connectivity index (χ0n) is 14.0. The summed E-state index contributed by atoms with van der Waals surface area (Å²) in [6, 6.07) is 0. The van der Waals surface area contributed by atoms with Crippen LogP contribution in [0.2, 0.25) is 0 Å². The summed E-state index contributed by atoms with van der Waals surface area (Å²) in [5.74, 6) is 0. The lowest BCUT2D eigenvalue weighted by molar-refractivity contribution is -0.114. The van der Waals surface area contributed by atoms with Crippen molar-refractivity contribution >= 4 is 21.8 Å². The van der Waals surface area contributed by atoms with Crippen LogP contribution in [0.25, 0.3) is 5.57 Å². The maximum absolute atomic E-state index is 11.7. The van der Waals surface area contributed by atoms with Crippen molar-refractivity contribution in [1.82, 2.24) is 14.9 Å². The number of sulfone groups is 1. The number of carbonyl (C=O) groups excluding carboxylic acids is 1. The van der Waals surface area contributed by atoms with E-state index in [-0.39, 0.29) is 5.16 Å². The summed E-state index contributed by atoms with van der Waals surface area (Å²) < 4.78 is 23.5. The molecule has 0 atom stereocenters. The third-order valence-corrected chi connectivity index (χ3v) is 3.96. The van der Waals surface area contributed by atoms with E-state index in [4.69, 9.17) is 0 Å². The van der Waals surface area contributed by atoms with E-state index in [0.717, 1.165) is 31.1 Å². The molecule has 1 aromatic rings. The van der Waals surface area contributed by atoms with Crippen LogP contribution in [0.4, 0.5) is 0 Å². The minimum Gasteiger partial charge on any atom is -0.324 e. The van der Waals surface area contributed by atoms with Gasteiger partial charge in [-0.3, -0.25) is 4.79 Å².